The number of pyridine rings is 1. The summed E-state index contributed by atoms with van der Waals surface area (Å²) in [6, 6.07) is 11.0. The Hall–Kier alpha value is -3.60. The average Bonchev–Trinajstić information content (AvgIpc) is 3.02. The highest BCUT2D eigenvalue weighted by molar-refractivity contribution is 5.68. The first-order chi connectivity index (χ1) is 12.1. The van der Waals surface area contributed by atoms with Gasteiger partial charge in [0.15, 0.2) is 0 Å². The van der Waals surface area contributed by atoms with Gasteiger partial charge in [-0.25, -0.2) is 0 Å². The van der Waals surface area contributed by atoms with Crippen molar-refractivity contribution in [2.45, 2.75) is 13.8 Å². The molecular formula is C17H16N6O2. The number of rotatable bonds is 5. The lowest BCUT2D eigenvalue weighted by atomic mass is 10.2. The largest absolute Gasteiger partial charge is 0.477 e. The van der Waals surface area contributed by atoms with Crippen molar-refractivity contribution in [3.63, 3.8) is 0 Å². The Bertz CT molecular complexity index is 927. The Morgan fingerprint density at radius 1 is 1.28 bits per heavy atom. The van der Waals surface area contributed by atoms with Gasteiger partial charge >= 0.3 is 0 Å². The fourth-order valence-electron chi connectivity index (χ4n) is 2.22. The van der Waals surface area contributed by atoms with Crippen molar-refractivity contribution in [2.75, 3.05) is 17.7 Å². The summed E-state index contributed by atoms with van der Waals surface area (Å²) in [6.45, 7) is 3.95. The number of hydrogen-bond acceptors (Lipinski definition) is 8. The predicted octanol–water partition coefficient (Wildman–Crippen LogP) is 3.04. The second kappa shape index (κ2) is 6.88. The van der Waals surface area contributed by atoms with Gasteiger partial charge in [-0.05, 0) is 31.2 Å². The van der Waals surface area contributed by atoms with Crippen molar-refractivity contribution in [2.24, 2.45) is 0 Å². The molecule has 126 valence electrons. The van der Waals surface area contributed by atoms with Gasteiger partial charge in [0.1, 0.15) is 17.5 Å². The Morgan fingerprint density at radius 2 is 2.04 bits per heavy atom. The van der Waals surface area contributed by atoms with E-state index in [-0.39, 0.29) is 11.4 Å². The van der Waals surface area contributed by atoms with Crippen LogP contribution in [-0.4, -0.2) is 21.8 Å². The standard InChI is InChI=1S/C17H16N6O2/c1-3-24-17-13(9-18)14(19)8-15(21-17)20-12-6-4-11(5-7-12)16-23-22-10(2)25-16/h4-8H,3H2,1-2H3,(H3,19,20,21). The topological polar surface area (TPSA) is 123 Å². The van der Waals surface area contributed by atoms with Crippen LogP contribution >= 0.6 is 0 Å². The van der Waals surface area contributed by atoms with E-state index in [1.54, 1.807) is 13.0 Å². The summed E-state index contributed by atoms with van der Waals surface area (Å²) in [4.78, 5) is 4.30. The summed E-state index contributed by atoms with van der Waals surface area (Å²) in [5.74, 6) is 1.67. The van der Waals surface area contributed by atoms with E-state index in [1.165, 1.54) is 0 Å². The molecule has 0 aliphatic carbocycles. The third-order valence-corrected chi connectivity index (χ3v) is 3.34. The number of nitriles is 1. The molecule has 0 amide bonds. The number of nitrogens with zero attached hydrogens (tertiary/aromatic N) is 4. The third kappa shape index (κ3) is 3.50. The van der Waals surface area contributed by atoms with Gasteiger partial charge in [0.05, 0.1) is 12.3 Å². The summed E-state index contributed by atoms with van der Waals surface area (Å²) >= 11 is 0. The number of benzene rings is 1. The first kappa shape index (κ1) is 16.3. The first-order valence-corrected chi connectivity index (χ1v) is 7.61. The minimum Gasteiger partial charge on any atom is -0.477 e. The quantitative estimate of drug-likeness (QED) is 0.728. The van der Waals surface area contributed by atoms with E-state index >= 15 is 0 Å². The number of aromatic nitrogens is 3. The minimum atomic E-state index is 0.213. The van der Waals surface area contributed by atoms with Crippen molar-refractivity contribution in [1.82, 2.24) is 15.2 Å². The lowest BCUT2D eigenvalue weighted by Gasteiger charge is -2.11. The zero-order valence-electron chi connectivity index (χ0n) is 13.8. The fourth-order valence-corrected chi connectivity index (χ4v) is 2.22. The van der Waals surface area contributed by atoms with Crippen LogP contribution in [0.15, 0.2) is 34.7 Å². The van der Waals surface area contributed by atoms with Gasteiger partial charge in [-0.3, -0.25) is 0 Å². The maximum Gasteiger partial charge on any atom is 0.247 e. The molecule has 3 rings (SSSR count). The predicted molar refractivity (Wildman–Crippen MR) is 92.3 cm³/mol. The lowest BCUT2D eigenvalue weighted by Crippen LogP contribution is -2.04. The molecule has 0 bridgehead atoms. The highest BCUT2D eigenvalue weighted by Gasteiger charge is 2.12. The van der Waals surface area contributed by atoms with Crippen molar-refractivity contribution >= 4 is 17.2 Å². The molecule has 0 unspecified atom stereocenters. The van der Waals surface area contributed by atoms with Crippen LogP contribution in [0.3, 0.4) is 0 Å². The molecule has 2 heterocycles. The molecule has 3 aromatic rings. The van der Waals surface area contributed by atoms with Gasteiger partial charge in [-0.2, -0.15) is 10.2 Å². The molecule has 2 aromatic heterocycles. The Morgan fingerprint density at radius 3 is 2.64 bits per heavy atom. The van der Waals surface area contributed by atoms with Crippen LogP contribution in [-0.2, 0) is 0 Å². The molecule has 1 aromatic carbocycles. The number of aryl methyl sites for hydroxylation is 1. The maximum atomic E-state index is 9.16. The molecule has 0 saturated carbocycles. The van der Waals surface area contributed by atoms with Crippen molar-refractivity contribution < 1.29 is 9.15 Å². The number of hydrogen-bond donors (Lipinski definition) is 2. The van der Waals surface area contributed by atoms with Crippen LogP contribution in [0.5, 0.6) is 5.88 Å². The van der Waals surface area contributed by atoms with Crippen molar-refractivity contribution in [1.29, 1.82) is 5.26 Å². The zero-order valence-corrected chi connectivity index (χ0v) is 13.8. The fraction of sp³-hybridized carbons (Fsp3) is 0.176. The normalized spacial score (nSPS) is 10.3. The van der Waals surface area contributed by atoms with Crippen LogP contribution in [0.4, 0.5) is 17.2 Å². The molecule has 25 heavy (non-hydrogen) atoms. The van der Waals surface area contributed by atoms with E-state index in [0.29, 0.717) is 29.9 Å². The molecule has 3 N–H and O–H groups in total. The van der Waals surface area contributed by atoms with Crippen LogP contribution in [0.2, 0.25) is 0 Å². The molecule has 0 spiro atoms. The van der Waals surface area contributed by atoms with Gasteiger partial charge in [-0.1, -0.05) is 0 Å². The summed E-state index contributed by atoms with van der Waals surface area (Å²) < 4.78 is 10.8. The van der Waals surface area contributed by atoms with Gasteiger partial charge < -0.3 is 20.2 Å². The highest BCUT2D eigenvalue weighted by Crippen LogP contribution is 2.27. The van der Waals surface area contributed by atoms with E-state index in [1.807, 2.05) is 37.3 Å². The summed E-state index contributed by atoms with van der Waals surface area (Å²) in [7, 11) is 0. The molecule has 8 nitrogen and oxygen atoms in total. The molecule has 0 atom stereocenters. The van der Waals surface area contributed by atoms with Crippen LogP contribution in [0.1, 0.15) is 18.4 Å². The second-order valence-electron chi connectivity index (χ2n) is 5.15. The van der Waals surface area contributed by atoms with E-state index in [9.17, 15) is 0 Å². The number of nitrogens with one attached hydrogen (secondary N) is 1. The van der Waals surface area contributed by atoms with Crippen molar-refractivity contribution in [3.8, 4) is 23.4 Å². The number of nitrogens with two attached hydrogens (primary N) is 1. The molecule has 8 heteroatoms. The smallest absolute Gasteiger partial charge is 0.247 e. The highest BCUT2D eigenvalue weighted by atomic mass is 16.5. The van der Waals surface area contributed by atoms with Gasteiger partial charge in [-0.15, -0.1) is 10.2 Å². The molecule has 0 aliphatic rings. The van der Waals surface area contributed by atoms with Crippen LogP contribution in [0.25, 0.3) is 11.5 Å². The van der Waals surface area contributed by atoms with E-state index in [2.05, 4.69) is 20.5 Å². The van der Waals surface area contributed by atoms with E-state index in [0.717, 1.165) is 11.3 Å². The van der Waals surface area contributed by atoms with Crippen LogP contribution in [0, 0.1) is 18.3 Å². The van der Waals surface area contributed by atoms with Gasteiger partial charge in [0, 0.05) is 24.2 Å². The first-order valence-electron chi connectivity index (χ1n) is 7.61. The Balaban J connectivity index is 1.84. The monoisotopic (exact) mass is 336 g/mol. The minimum absolute atomic E-state index is 0.213. The average molecular weight is 336 g/mol. The second-order valence-corrected chi connectivity index (χ2v) is 5.15. The SMILES string of the molecule is CCOc1nc(Nc2ccc(-c3nnc(C)o3)cc2)cc(N)c1C#N. The number of anilines is 3. The maximum absolute atomic E-state index is 9.16. The summed E-state index contributed by atoms with van der Waals surface area (Å²) in [6.07, 6.45) is 0. The third-order valence-electron chi connectivity index (χ3n) is 3.34. The Labute approximate surface area is 144 Å². The van der Waals surface area contributed by atoms with Crippen molar-refractivity contribution in [3.05, 3.63) is 41.8 Å². The Kier molecular flexibility index (Phi) is 4.48. The number of ether oxygens (including phenoxy) is 1. The lowest BCUT2D eigenvalue weighted by molar-refractivity contribution is 0.326. The summed E-state index contributed by atoms with van der Waals surface area (Å²) in [5, 5.41) is 20.1. The molecular weight excluding hydrogens is 320 g/mol. The van der Waals surface area contributed by atoms with Gasteiger partial charge in [0.2, 0.25) is 17.7 Å². The van der Waals surface area contributed by atoms with E-state index < -0.39 is 0 Å². The molecule has 0 radical (unpaired) electrons. The zero-order chi connectivity index (χ0) is 17.8. The summed E-state index contributed by atoms with van der Waals surface area (Å²) in [5.41, 5.74) is 8.05. The molecule has 0 fully saturated rings. The van der Waals surface area contributed by atoms with E-state index in [4.69, 9.17) is 20.1 Å². The van der Waals surface area contributed by atoms with Crippen LogP contribution < -0.4 is 15.8 Å². The van der Waals surface area contributed by atoms with Gasteiger partial charge in [0.25, 0.3) is 0 Å². The molecule has 0 aliphatic heterocycles. The number of nitrogen functional groups attached to an aromatic ring is 1. The molecule has 0 saturated heterocycles.